The normalized spacial score (nSPS) is 14.0. The van der Waals surface area contributed by atoms with Gasteiger partial charge in [0, 0.05) is 12.3 Å². The molecule has 6 heteroatoms. The van der Waals surface area contributed by atoms with E-state index in [4.69, 9.17) is 5.11 Å². The highest BCUT2D eigenvalue weighted by Gasteiger charge is 2.29. The molecule has 0 aliphatic rings. The first-order valence-corrected chi connectivity index (χ1v) is 4.77. The van der Waals surface area contributed by atoms with E-state index >= 15 is 0 Å². The predicted octanol–water partition coefficient (Wildman–Crippen LogP) is 2.44. The smallest absolute Gasteiger partial charge is 0.313 e. The third-order valence-corrected chi connectivity index (χ3v) is 2.74. The average Bonchev–Trinajstić information content (AvgIpc) is 2.49. The van der Waals surface area contributed by atoms with Crippen molar-refractivity contribution >= 4 is 17.3 Å². The first-order valence-electron chi connectivity index (χ1n) is 3.89. The number of nitrogens with zero attached hydrogens (tertiary/aromatic N) is 1. The molecule has 0 bridgehead atoms. The Morgan fingerprint density at radius 1 is 1.71 bits per heavy atom. The number of carboxylic acids is 1. The number of rotatable bonds is 3. The maximum Gasteiger partial charge on any atom is 0.313 e. The topological polar surface area (TPSA) is 50.2 Å². The summed E-state index contributed by atoms with van der Waals surface area (Å²) in [4.78, 5) is 14.1. The van der Waals surface area contributed by atoms with Crippen LogP contribution in [0.1, 0.15) is 30.5 Å². The highest BCUT2D eigenvalue weighted by molar-refractivity contribution is 7.09. The summed E-state index contributed by atoms with van der Waals surface area (Å²) in [5, 5.41) is 10.0. The van der Waals surface area contributed by atoms with E-state index in [0.29, 0.717) is 0 Å². The zero-order valence-electron chi connectivity index (χ0n) is 7.62. The fraction of sp³-hybridized carbons (Fsp3) is 0.500. The summed E-state index contributed by atoms with van der Waals surface area (Å²) in [7, 11) is 0. The van der Waals surface area contributed by atoms with E-state index in [1.807, 2.05) is 0 Å². The monoisotopic (exact) mass is 221 g/mol. The lowest BCUT2D eigenvalue weighted by Gasteiger charge is -2.05. The minimum Gasteiger partial charge on any atom is -0.481 e. The Balaban J connectivity index is 2.94. The van der Waals surface area contributed by atoms with E-state index in [1.54, 1.807) is 0 Å². The minimum absolute atomic E-state index is 0.203. The van der Waals surface area contributed by atoms with E-state index in [2.05, 4.69) is 4.98 Å². The lowest BCUT2D eigenvalue weighted by molar-refractivity contribution is -0.138. The molecule has 1 N–H and O–H groups in total. The van der Waals surface area contributed by atoms with E-state index in [-0.39, 0.29) is 10.7 Å². The molecule has 3 nitrogen and oxygen atoms in total. The Morgan fingerprint density at radius 3 is 2.64 bits per heavy atom. The SMILES string of the molecule is CC(C(=O)O)c1nc(C(C)(F)F)cs1. The van der Waals surface area contributed by atoms with E-state index in [1.165, 1.54) is 12.3 Å². The highest BCUT2D eigenvalue weighted by atomic mass is 32.1. The molecule has 0 saturated carbocycles. The van der Waals surface area contributed by atoms with Crippen molar-refractivity contribution in [2.75, 3.05) is 0 Å². The molecule has 0 aromatic carbocycles. The van der Waals surface area contributed by atoms with Crippen LogP contribution in [0.2, 0.25) is 0 Å². The van der Waals surface area contributed by atoms with Crippen molar-refractivity contribution in [2.45, 2.75) is 25.7 Å². The van der Waals surface area contributed by atoms with Crippen LogP contribution in [-0.2, 0) is 10.7 Å². The molecule has 0 spiro atoms. The Hall–Kier alpha value is -1.04. The Kier molecular flexibility index (Phi) is 2.84. The van der Waals surface area contributed by atoms with Crippen molar-refractivity contribution in [1.29, 1.82) is 0 Å². The third kappa shape index (κ3) is 2.25. The molecule has 1 heterocycles. The van der Waals surface area contributed by atoms with Gasteiger partial charge in [-0.05, 0) is 6.92 Å². The van der Waals surface area contributed by atoms with Crippen LogP contribution in [0.5, 0.6) is 0 Å². The number of halogens is 2. The summed E-state index contributed by atoms with van der Waals surface area (Å²) in [6.07, 6.45) is 0. The summed E-state index contributed by atoms with van der Waals surface area (Å²) < 4.78 is 25.5. The Bertz CT molecular complexity index is 345. The van der Waals surface area contributed by atoms with Crippen molar-refractivity contribution in [1.82, 2.24) is 4.98 Å². The zero-order chi connectivity index (χ0) is 10.9. The minimum atomic E-state index is -3.01. The second-order valence-electron chi connectivity index (χ2n) is 3.02. The number of carbonyl (C=O) groups is 1. The van der Waals surface area contributed by atoms with Crippen molar-refractivity contribution in [3.63, 3.8) is 0 Å². The zero-order valence-corrected chi connectivity index (χ0v) is 8.44. The Labute approximate surface area is 83.4 Å². The van der Waals surface area contributed by atoms with Gasteiger partial charge in [-0.1, -0.05) is 0 Å². The lowest BCUT2D eigenvalue weighted by Crippen LogP contribution is -2.10. The standard InChI is InChI=1S/C8H9F2NO2S/c1-4(7(12)13)6-11-5(3-14-6)8(2,9)10/h3-4H,1-2H3,(H,12,13). The van der Waals surface area contributed by atoms with Crippen LogP contribution >= 0.6 is 11.3 Å². The first kappa shape index (κ1) is 11.0. The number of thiazole rings is 1. The molecule has 0 saturated heterocycles. The maximum atomic E-state index is 12.7. The average molecular weight is 221 g/mol. The number of hydrogen-bond acceptors (Lipinski definition) is 3. The molecule has 1 atom stereocenters. The van der Waals surface area contributed by atoms with Crippen LogP contribution in [-0.4, -0.2) is 16.1 Å². The van der Waals surface area contributed by atoms with Gasteiger partial charge in [-0.15, -0.1) is 11.3 Å². The molecule has 1 aromatic heterocycles. The van der Waals surface area contributed by atoms with Gasteiger partial charge in [0.1, 0.15) is 16.6 Å². The fourth-order valence-corrected chi connectivity index (χ4v) is 1.74. The quantitative estimate of drug-likeness (QED) is 0.852. The number of carboxylic acid groups (broad SMARTS) is 1. The molecule has 0 fully saturated rings. The van der Waals surface area contributed by atoms with Gasteiger partial charge in [0.2, 0.25) is 0 Å². The molecule has 1 aromatic rings. The van der Waals surface area contributed by atoms with Gasteiger partial charge >= 0.3 is 5.97 Å². The summed E-state index contributed by atoms with van der Waals surface area (Å²) in [5.41, 5.74) is -0.370. The first-order chi connectivity index (χ1) is 6.32. The van der Waals surface area contributed by atoms with Crippen molar-refractivity contribution in [3.05, 3.63) is 16.1 Å². The molecule has 0 aliphatic heterocycles. The van der Waals surface area contributed by atoms with Crippen molar-refractivity contribution in [3.8, 4) is 0 Å². The molecular weight excluding hydrogens is 212 g/mol. The Morgan fingerprint density at radius 2 is 2.29 bits per heavy atom. The van der Waals surface area contributed by atoms with Crippen LogP contribution < -0.4 is 0 Å². The van der Waals surface area contributed by atoms with Crippen LogP contribution in [0.4, 0.5) is 8.78 Å². The third-order valence-electron chi connectivity index (χ3n) is 1.71. The predicted molar refractivity (Wildman–Crippen MR) is 47.7 cm³/mol. The molecule has 0 radical (unpaired) electrons. The van der Waals surface area contributed by atoms with E-state index < -0.39 is 17.8 Å². The molecule has 14 heavy (non-hydrogen) atoms. The van der Waals surface area contributed by atoms with E-state index in [9.17, 15) is 13.6 Å². The number of aliphatic carboxylic acids is 1. The summed E-state index contributed by atoms with van der Waals surface area (Å²) in [6.45, 7) is 2.15. The van der Waals surface area contributed by atoms with E-state index in [0.717, 1.165) is 18.3 Å². The van der Waals surface area contributed by atoms with Crippen LogP contribution in [0.15, 0.2) is 5.38 Å². The lowest BCUT2D eigenvalue weighted by atomic mass is 10.2. The number of aromatic nitrogens is 1. The fourth-order valence-electron chi connectivity index (χ4n) is 0.794. The second-order valence-corrected chi connectivity index (χ2v) is 3.91. The number of hydrogen-bond donors (Lipinski definition) is 1. The second kappa shape index (κ2) is 3.61. The molecule has 1 unspecified atom stereocenters. The van der Waals surface area contributed by atoms with Crippen molar-refractivity contribution in [2.24, 2.45) is 0 Å². The van der Waals surface area contributed by atoms with Gasteiger partial charge in [0.05, 0.1) is 0 Å². The van der Waals surface area contributed by atoms with Crippen molar-refractivity contribution < 1.29 is 18.7 Å². The van der Waals surface area contributed by atoms with Gasteiger partial charge in [-0.2, -0.15) is 8.78 Å². The molecular formula is C8H9F2NO2S. The summed E-state index contributed by atoms with van der Waals surface area (Å²) in [5.74, 6) is -4.91. The van der Waals surface area contributed by atoms with Crippen LogP contribution in [0, 0.1) is 0 Å². The van der Waals surface area contributed by atoms with Gasteiger partial charge in [-0.25, -0.2) is 4.98 Å². The molecule has 1 rings (SSSR count). The maximum absolute atomic E-state index is 12.7. The van der Waals surface area contributed by atoms with Crippen LogP contribution in [0.25, 0.3) is 0 Å². The molecule has 78 valence electrons. The van der Waals surface area contributed by atoms with Gasteiger partial charge in [-0.3, -0.25) is 4.79 Å². The molecule has 0 aliphatic carbocycles. The van der Waals surface area contributed by atoms with Gasteiger partial charge in [0.25, 0.3) is 5.92 Å². The number of alkyl halides is 2. The summed E-state index contributed by atoms with van der Waals surface area (Å²) >= 11 is 0.941. The van der Waals surface area contributed by atoms with Gasteiger partial charge in [0.15, 0.2) is 0 Å². The molecule has 0 amide bonds. The van der Waals surface area contributed by atoms with Crippen LogP contribution in [0.3, 0.4) is 0 Å². The highest BCUT2D eigenvalue weighted by Crippen LogP contribution is 2.30. The summed E-state index contributed by atoms with van der Waals surface area (Å²) in [6, 6.07) is 0. The van der Waals surface area contributed by atoms with Gasteiger partial charge < -0.3 is 5.11 Å². The largest absolute Gasteiger partial charge is 0.481 e.